The molecular weight excluding hydrogens is 374 g/mol. The number of amides is 1. The molecule has 3 rings (SSSR count). The number of pyridine rings is 1. The van der Waals surface area contributed by atoms with Crippen LogP contribution in [-0.4, -0.2) is 19.3 Å². The second-order valence-corrected chi connectivity index (χ2v) is 8.05. The third-order valence-corrected chi connectivity index (χ3v) is 5.59. The fraction of sp³-hybridized carbons (Fsp3) is 0.143. The molecule has 0 fully saturated rings. The van der Waals surface area contributed by atoms with Crippen molar-refractivity contribution in [1.82, 2.24) is 15.0 Å². The number of aromatic nitrogens is 1. The van der Waals surface area contributed by atoms with E-state index in [4.69, 9.17) is 0 Å². The van der Waals surface area contributed by atoms with Gasteiger partial charge in [-0.05, 0) is 42.8 Å². The van der Waals surface area contributed by atoms with Crippen LogP contribution in [-0.2, 0) is 16.6 Å². The van der Waals surface area contributed by atoms with E-state index in [1.54, 1.807) is 24.4 Å². The largest absolute Gasteiger partial charge is 0.344 e. The van der Waals surface area contributed by atoms with Crippen LogP contribution in [0.25, 0.3) is 0 Å². The molecule has 0 bridgehead atoms. The van der Waals surface area contributed by atoms with Gasteiger partial charge in [-0.3, -0.25) is 9.78 Å². The number of carbonyl (C=O) groups is 1. The quantitative estimate of drug-likeness (QED) is 0.644. The van der Waals surface area contributed by atoms with Gasteiger partial charge in [-0.15, -0.1) is 0 Å². The van der Waals surface area contributed by atoms with E-state index in [9.17, 15) is 13.2 Å². The van der Waals surface area contributed by atoms with Gasteiger partial charge in [-0.25, -0.2) is 13.1 Å². The van der Waals surface area contributed by atoms with Gasteiger partial charge in [0.05, 0.1) is 16.6 Å². The number of nitrogens with one attached hydrogen (secondary N) is 2. The van der Waals surface area contributed by atoms with Crippen LogP contribution in [0.5, 0.6) is 0 Å². The highest BCUT2D eigenvalue weighted by atomic mass is 32.2. The minimum absolute atomic E-state index is 0.0431. The Kier molecular flexibility index (Phi) is 6.18. The van der Waals surface area contributed by atoms with Gasteiger partial charge in [0.2, 0.25) is 10.0 Å². The van der Waals surface area contributed by atoms with Crippen molar-refractivity contribution in [2.75, 3.05) is 0 Å². The van der Waals surface area contributed by atoms with Crippen molar-refractivity contribution in [3.05, 3.63) is 95.8 Å². The molecule has 28 heavy (non-hydrogen) atoms. The predicted molar refractivity (Wildman–Crippen MR) is 107 cm³/mol. The van der Waals surface area contributed by atoms with Gasteiger partial charge in [0.1, 0.15) is 0 Å². The maximum absolute atomic E-state index is 12.6. The van der Waals surface area contributed by atoms with Crippen molar-refractivity contribution in [3.63, 3.8) is 0 Å². The van der Waals surface area contributed by atoms with Gasteiger partial charge in [0, 0.05) is 18.3 Å². The first-order chi connectivity index (χ1) is 13.5. The van der Waals surface area contributed by atoms with Crippen molar-refractivity contribution >= 4 is 15.9 Å². The zero-order valence-corrected chi connectivity index (χ0v) is 16.2. The summed E-state index contributed by atoms with van der Waals surface area (Å²) in [5, 5.41) is 2.83. The number of carbonyl (C=O) groups excluding carboxylic acids is 1. The van der Waals surface area contributed by atoms with E-state index < -0.39 is 10.0 Å². The van der Waals surface area contributed by atoms with Gasteiger partial charge >= 0.3 is 0 Å². The first-order valence-corrected chi connectivity index (χ1v) is 10.3. The standard InChI is InChI=1S/C21H21N3O3S/c1-16(20-12-5-6-13-22-20)24-21(25)18-10-7-11-19(14-18)28(26,27)23-15-17-8-3-2-4-9-17/h2-14,16,23H,15H2,1H3,(H,24,25). The second kappa shape index (κ2) is 8.77. The predicted octanol–water partition coefficient (Wildman–Crippen LogP) is 3.05. The molecule has 7 heteroatoms. The van der Waals surface area contributed by atoms with Crippen molar-refractivity contribution in [2.45, 2.75) is 24.4 Å². The van der Waals surface area contributed by atoms with E-state index in [1.807, 2.05) is 49.4 Å². The Labute approximate surface area is 164 Å². The number of benzene rings is 2. The molecule has 0 saturated carbocycles. The van der Waals surface area contributed by atoms with E-state index in [-0.39, 0.29) is 29.0 Å². The lowest BCUT2D eigenvalue weighted by Gasteiger charge is -2.14. The van der Waals surface area contributed by atoms with Crippen LogP contribution in [0.15, 0.2) is 83.9 Å². The van der Waals surface area contributed by atoms with Gasteiger partial charge < -0.3 is 5.32 Å². The summed E-state index contributed by atoms with van der Waals surface area (Å²) in [6, 6.07) is 20.4. The van der Waals surface area contributed by atoms with Crippen LogP contribution in [0.4, 0.5) is 0 Å². The summed E-state index contributed by atoms with van der Waals surface area (Å²) in [5.41, 5.74) is 1.85. The Hall–Kier alpha value is -3.03. The molecule has 0 aliphatic rings. The Balaban J connectivity index is 1.71. The van der Waals surface area contributed by atoms with Crippen LogP contribution in [0.3, 0.4) is 0 Å². The highest BCUT2D eigenvalue weighted by Gasteiger charge is 2.17. The molecule has 0 aliphatic carbocycles. The van der Waals surface area contributed by atoms with Gasteiger partial charge in [-0.2, -0.15) is 0 Å². The average molecular weight is 395 g/mol. The fourth-order valence-corrected chi connectivity index (χ4v) is 3.71. The fourth-order valence-electron chi connectivity index (χ4n) is 2.65. The minimum Gasteiger partial charge on any atom is -0.344 e. The minimum atomic E-state index is -3.74. The lowest BCUT2D eigenvalue weighted by molar-refractivity contribution is 0.0939. The monoisotopic (exact) mass is 395 g/mol. The van der Waals surface area contributed by atoms with Gasteiger partial charge in [0.25, 0.3) is 5.91 Å². The summed E-state index contributed by atoms with van der Waals surface area (Å²) in [6.07, 6.45) is 1.66. The summed E-state index contributed by atoms with van der Waals surface area (Å²) in [6.45, 7) is 2.00. The molecule has 3 aromatic rings. The van der Waals surface area contributed by atoms with Gasteiger partial charge in [0.15, 0.2) is 0 Å². The zero-order chi connectivity index (χ0) is 20.0. The molecule has 1 amide bonds. The van der Waals surface area contributed by atoms with Crippen LogP contribution < -0.4 is 10.0 Å². The van der Waals surface area contributed by atoms with E-state index in [0.717, 1.165) is 11.3 Å². The Bertz CT molecular complexity index is 1040. The average Bonchev–Trinajstić information content (AvgIpc) is 2.74. The summed E-state index contributed by atoms with van der Waals surface area (Å²) < 4.78 is 27.7. The van der Waals surface area contributed by atoms with Crippen LogP contribution in [0, 0.1) is 0 Å². The van der Waals surface area contributed by atoms with Crippen LogP contribution in [0.2, 0.25) is 0 Å². The van der Waals surface area contributed by atoms with E-state index in [0.29, 0.717) is 0 Å². The molecule has 0 spiro atoms. The molecule has 0 radical (unpaired) electrons. The zero-order valence-electron chi connectivity index (χ0n) is 15.4. The van der Waals surface area contributed by atoms with Crippen LogP contribution in [0.1, 0.15) is 34.6 Å². The molecule has 2 N–H and O–H groups in total. The Morgan fingerprint density at radius 2 is 1.75 bits per heavy atom. The van der Waals surface area contributed by atoms with E-state index >= 15 is 0 Å². The highest BCUT2D eigenvalue weighted by Crippen LogP contribution is 2.14. The lowest BCUT2D eigenvalue weighted by Crippen LogP contribution is -2.28. The summed E-state index contributed by atoms with van der Waals surface area (Å²) in [7, 11) is -3.74. The van der Waals surface area contributed by atoms with Crippen molar-refractivity contribution in [2.24, 2.45) is 0 Å². The lowest BCUT2D eigenvalue weighted by atomic mass is 10.1. The third-order valence-electron chi connectivity index (χ3n) is 4.19. The maximum atomic E-state index is 12.6. The summed E-state index contributed by atoms with van der Waals surface area (Å²) in [4.78, 5) is 16.8. The number of hydrogen-bond donors (Lipinski definition) is 2. The second-order valence-electron chi connectivity index (χ2n) is 6.29. The summed E-state index contributed by atoms with van der Waals surface area (Å²) >= 11 is 0. The molecule has 1 atom stereocenters. The molecular formula is C21H21N3O3S. The molecule has 0 saturated heterocycles. The summed E-state index contributed by atoms with van der Waals surface area (Å²) in [5.74, 6) is -0.363. The molecule has 6 nitrogen and oxygen atoms in total. The smallest absolute Gasteiger partial charge is 0.251 e. The first kappa shape index (κ1) is 19.7. The molecule has 0 aliphatic heterocycles. The normalized spacial score (nSPS) is 12.3. The highest BCUT2D eigenvalue weighted by molar-refractivity contribution is 7.89. The number of sulfonamides is 1. The molecule has 1 heterocycles. The molecule has 2 aromatic carbocycles. The number of nitrogens with zero attached hydrogens (tertiary/aromatic N) is 1. The van der Waals surface area contributed by atoms with E-state index in [1.165, 1.54) is 12.1 Å². The Morgan fingerprint density at radius 3 is 2.46 bits per heavy atom. The van der Waals surface area contributed by atoms with Crippen molar-refractivity contribution in [1.29, 1.82) is 0 Å². The molecule has 1 unspecified atom stereocenters. The van der Waals surface area contributed by atoms with Crippen molar-refractivity contribution < 1.29 is 13.2 Å². The number of hydrogen-bond acceptors (Lipinski definition) is 4. The first-order valence-electron chi connectivity index (χ1n) is 8.81. The maximum Gasteiger partial charge on any atom is 0.251 e. The van der Waals surface area contributed by atoms with Gasteiger partial charge in [-0.1, -0.05) is 42.5 Å². The number of rotatable bonds is 7. The molecule has 1 aromatic heterocycles. The SMILES string of the molecule is CC(NC(=O)c1cccc(S(=O)(=O)NCc2ccccc2)c1)c1ccccn1. The third kappa shape index (κ3) is 5.03. The molecule has 144 valence electrons. The topological polar surface area (TPSA) is 88.2 Å². The van der Waals surface area contributed by atoms with Crippen molar-refractivity contribution in [3.8, 4) is 0 Å². The van der Waals surface area contributed by atoms with Crippen LogP contribution >= 0.6 is 0 Å². The van der Waals surface area contributed by atoms with E-state index in [2.05, 4.69) is 15.0 Å². The Morgan fingerprint density at radius 1 is 1.00 bits per heavy atom.